The predicted octanol–water partition coefficient (Wildman–Crippen LogP) is 7.24. The van der Waals surface area contributed by atoms with Crippen molar-refractivity contribution in [2.24, 2.45) is 5.10 Å². The number of hydrogen-bond donors (Lipinski definition) is 0. The van der Waals surface area contributed by atoms with Gasteiger partial charge in [0.1, 0.15) is 23.7 Å². The Morgan fingerprint density at radius 1 is 0.950 bits per heavy atom. The lowest BCUT2D eigenvalue weighted by molar-refractivity contribution is 0.305. The molecule has 0 unspecified atom stereocenters. The molecule has 8 heteroatoms. The van der Waals surface area contributed by atoms with Gasteiger partial charge in [-0.15, -0.1) is 0 Å². The van der Waals surface area contributed by atoms with Gasteiger partial charge in [0.2, 0.25) is 5.82 Å². The molecule has 2 heterocycles. The van der Waals surface area contributed by atoms with Gasteiger partial charge < -0.3 is 13.9 Å². The molecule has 2 aromatic heterocycles. The zero-order chi connectivity index (χ0) is 27.6. The highest BCUT2D eigenvalue weighted by atomic mass is 35.5. The molecule has 0 amide bonds. The Morgan fingerprint density at radius 3 is 2.65 bits per heavy atom. The molecule has 198 valence electrons. The van der Waals surface area contributed by atoms with Crippen LogP contribution in [0.4, 0.5) is 0 Å². The highest BCUT2D eigenvalue weighted by Crippen LogP contribution is 2.33. The Morgan fingerprint density at radius 2 is 1.80 bits per heavy atom. The van der Waals surface area contributed by atoms with Crippen molar-refractivity contribution in [1.82, 2.24) is 9.66 Å². The van der Waals surface area contributed by atoms with Crippen LogP contribution >= 0.6 is 11.6 Å². The van der Waals surface area contributed by atoms with Crippen LogP contribution in [0.15, 0.2) is 105 Å². The summed E-state index contributed by atoms with van der Waals surface area (Å²) in [7, 11) is 1.60. The first-order chi connectivity index (χ1) is 19.5. The van der Waals surface area contributed by atoms with Gasteiger partial charge in [-0.25, -0.2) is 4.98 Å². The third kappa shape index (κ3) is 4.95. The van der Waals surface area contributed by atoms with E-state index in [1.165, 1.54) is 4.68 Å². The van der Waals surface area contributed by atoms with Crippen molar-refractivity contribution in [2.75, 3.05) is 7.11 Å². The van der Waals surface area contributed by atoms with E-state index in [1.807, 2.05) is 49.4 Å². The van der Waals surface area contributed by atoms with Crippen molar-refractivity contribution < 1.29 is 13.9 Å². The van der Waals surface area contributed by atoms with Crippen LogP contribution in [-0.2, 0) is 6.61 Å². The Balaban J connectivity index is 1.45. The Labute approximate surface area is 234 Å². The van der Waals surface area contributed by atoms with Crippen LogP contribution < -0.4 is 15.0 Å². The molecular weight excluding hydrogens is 526 g/mol. The number of furan rings is 1. The van der Waals surface area contributed by atoms with E-state index in [9.17, 15) is 4.79 Å². The summed E-state index contributed by atoms with van der Waals surface area (Å²) in [6.07, 6.45) is 1.54. The fourth-order valence-corrected chi connectivity index (χ4v) is 4.73. The van der Waals surface area contributed by atoms with E-state index in [0.717, 1.165) is 16.5 Å². The van der Waals surface area contributed by atoms with E-state index >= 15 is 0 Å². The van der Waals surface area contributed by atoms with E-state index in [0.29, 0.717) is 50.9 Å². The van der Waals surface area contributed by atoms with Gasteiger partial charge in [0.05, 0.1) is 29.6 Å². The molecule has 0 atom stereocenters. The van der Waals surface area contributed by atoms with Crippen molar-refractivity contribution in [1.29, 1.82) is 0 Å². The number of fused-ring (bicyclic) bond motifs is 2. The number of hydrogen-bond acceptors (Lipinski definition) is 6. The fourth-order valence-electron chi connectivity index (χ4n) is 4.55. The summed E-state index contributed by atoms with van der Waals surface area (Å²) in [6, 6.07) is 27.8. The number of rotatable bonds is 7. The van der Waals surface area contributed by atoms with E-state index < -0.39 is 0 Å². The van der Waals surface area contributed by atoms with Gasteiger partial charge in [-0.3, -0.25) is 4.79 Å². The highest BCUT2D eigenvalue weighted by molar-refractivity contribution is 6.30. The molecule has 0 spiro atoms. The maximum Gasteiger partial charge on any atom is 0.282 e. The van der Waals surface area contributed by atoms with E-state index in [1.54, 1.807) is 55.8 Å². The maximum atomic E-state index is 13.7. The topological polar surface area (TPSA) is 78.9 Å². The van der Waals surface area contributed by atoms with Crippen LogP contribution in [0.3, 0.4) is 0 Å². The molecular formula is C32H24ClN3O4. The highest BCUT2D eigenvalue weighted by Gasteiger charge is 2.18. The molecule has 0 N–H and O–H groups in total. The third-order valence-corrected chi connectivity index (χ3v) is 6.71. The van der Waals surface area contributed by atoms with Crippen LogP contribution in [0, 0.1) is 6.92 Å². The molecule has 6 rings (SSSR count). The van der Waals surface area contributed by atoms with Crippen LogP contribution in [0.1, 0.15) is 16.7 Å². The largest absolute Gasteiger partial charge is 0.496 e. The van der Waals surface area contributed by atoms with Crippen LogP contribution in [0.2, 0.25) is 5.02 Å². The maximum absolute atomic E-state index is 13.7. The monoisotopic (exact) mass is 549 g/mol. The van der Waals surface area contributed by atoms with Crippen LogP contribution in [0.5, 0.6) is 11.5 Å². The second-order valence-corrected chi connectivity index (χ2v) is 9.69. The summed E-state index contributed by atoms with van der Waals surface area (Å²) >= 11 is 6.32. The van der Waals surface area contributed by atoms with Crippen molar-refractivity contribution in [3.05, 3.63) is 123 Å². The second-order valence-electron chi connectivity index (χ2n) is 9.26. The lowest BCUT2D eigenvalue weighted by Gasteiger charge is -2.11. The number of aryl methyl sites for hydroxylation is 1. The summed E-state index contributed by atoms with van der Waals surface area (Å²) in [6.45, 7) is 2.41. The first-order valence-electron chi connectivity index (χ1n) is 12.6. The van der Waals surface area contributed by atoms with Gasteiger partial charge in [-0.2, -0.15) is 9.78 Å². The molecule has 0 fully saturated rings. The zero-order valence-corrected chi connectivity index (χ0v) is 22.6. The lowest BCUT2D eigenvalue weighted by atomic mass is 10.1. The zero-order valence-electron chi connectivity index (χ0n) is 21.8. The Bertz CT molecular complexity index is 1960. The number of nitrogens with zero attached hydrogens (tertiary/aromatic N) is 3. The van der Waals surface area contributed by atoms with E-state index in [-0.39, 0.29) is 11.4 Å². The molecule has 6 aromatic rings. The van der Waals surface area contributed by atoms with Gasteiger partial charge in [0.15, 0.2) is 5.76 Å². The third-order valence-electron chi connectivity index (χ3n) is 6.48. The van der Waals surface area contributed by atoms with Crippen molar-refractivity contribution >= 4 is 39.7 Å². The summed E-state index contributed by atoms with van der Waals surface area (Å²) in [5.41, 5.74) is 3.60. The molecule has 4 aromatic carbocycles. The standard InChI is InChI=1S/C32H24ClN3O4/c1-20-7-5-8-21(15-20)19-39-27-14-13-23(33)16-22(27)18-34-36-31(35-26-10-4-3-9-24(26)32(36)37)30-17-25-28(38-2)11-6-12-29(25)40-30/h3-18H,19H2,1-2H3. The normalized spacial score (nSPS) is 11.5. The van der Waals surface area contributed by atoms with Crippen molar-refractivity contribution in [3.8, 4) is 23.1 Å². The number of para-hydroxylation sites is 1. The van der Waals surface area contributed by atoms with Crippen LogP contribution in [0.25, 0.3) is 33.5 Å². The van der Waals surface area contributed by atoms with Gasteiger partial charge in [0.25, 0.3) is 5.56 Å². The second kappa shape index (κ2) is 10.7. The number of aromatic nitrogens is 2. The average Bonchev–Trinajstić information content (AvgIpc) is 3.41. The quantitative estimate of drug-likeness (QED) is 0.196. The number of methoxy groups -OCH3 is 1. The molecule has 0 radical (unpaired) electrons. The molecule has 0 bridgehead atoms. The minimum atomic E-state index is -0.339. The van der Waals surface area contributed by atoms with Gasteiger partial charge >= 0.3 is 0 Å². The summed E-state index contributed by atoms with van der Waals surface area (Å²) in [4.78, 5) is 18.4. The average molecular weight is 550 g/mol. The summed E-state index contributed by atoms with van der Waals surface area (Å²) in [5.74, 6) is 1.86. The molecule has 7 nitrogen and oxygen atoms in total. The van der Waals surface area contributed by atoms with Gasteiger partial charge in [-0.05, 0) is 61.0 Å². The van der Waals surface area contributed by atoms with E-state index in [2.05, 4.69) is 11.2 Å². The predicted molar refractivity (Wildman–Crippen MR) is 158 cm³/mol. The van der Waals surface area contributed by atoms with Crippen molar-refractivity contribution in [2.45, 2.75) is 13.5 Å². The van der Waals surface area contributed by atoms with Crippen LogP contribution in [-0.4, -0.2) is 23.0 Å². The minimum Gasteiger partial charge on any atom is -0.496 e. The fraction of sp³-hybridized carbons (Fsp3) is 0.0938. The van der Waals surface area contributed by atoms with Crippen molar-refractivity contribution in [3.63, 3.8) is 0 Å². The SMILES string of the molecule is COc1cccc2oc(-c3nc4ccccc4c(=O)n3N=Cc3cc(Cl)ccc3OCc3cccc(C)c3)cc12. The number of halogens is 1. The van der Waals surface area contributed by atoms with Gasteiger partial charge in [0, 0.05) is 10.6 Å². The number of benzene rings is 4. The first-order valence-corrected chi connectivity index (χ1v) is 13.0. The Hall–Kier alpha value is -4.88. The molecule has 0 aliphatic heterocycles. The summed E-state index contributed by atoms with van der Waals surface area (Å²) < 4.78 is 18.9. The molecule has 0 saturated heterocycles. The molecule has 0 saturated carbocycles. The van der Waals surface area contributed by atoms with Gasteiger partial charge in [-0.1, -0.05) is 59.6 Å². The minimum absolute atomic E-state index is 0.252. The smallest absolute Gasteiger partial charge is 0.282 e. The molecule has 40 heavy (non-hydrogen) atoms. The molecule has 0 aliphatic carbocycles. The first kappa shape index (κ1) is 25.4. The lowest BCUT2D eigenvalue weighted by Crippen LogP contribution is -2.20. The van der Waals surface area contributed by atoms with E-state index in [4.69, 9.17) is 30.5 Å². The summed E-state index contributed by atoms with van der Waals surface area (Å²) in [5, 5.41) is 6.28. The molecule has 0 aliphatic rings. The Kier molecular flexibility index (Phi) is 6.80. The number of ether oxygens (including phenoxy) is 2.